The molecule has 1 aromatic carbocycles. The Morgan fingerprint density at radius 1 is 1.18 bits per heavy atom. The molecule has 2 rings (SSSR count). The van der Waals surface area contributed by atoms with Gasteiger partial charge in [0.15, 0.2) is 0 Å². The molecule has 1 aromatic rings. The quantitative estimate of drug-likeness (QED) is 0.817. The minimum atomic E-state index is -3.18. The monoisotopic (exact) mass is 254 g/mol. The molecule has 0 aliphatic carbocycles. The number of aryl methyl sites for hydroxylation is 1. The van der Waals surface area contributed by atoms with E-state index in [1.54, 1.807) is 0 Å². The van der Waals surface area contributed by atoms with Crippen LogP contribution in [0.25, 0.3) is 0 Å². The highest BCUT2D eigenvalue weighted by Crippen LogP contribution is 2.19. The van der Waals surface area contributed by atoms with Crippen LogP contribution in [0, 0.1) is 6.92 Å². The first-order chi connectivity index (χ1) is 8.09. The highest BCUT2D eigenvalue weighted by molar-refractivity contribution is 7.92. The molecule has 0 atom stereocenters. The van der Waals surface area contributed by atoms with Gasteiger partial charge in [0.1, 0.15) is 0 Å². The summed E-state index contributed by atoms with van der Waals surface area (Å²) < 4.78 is 25.8. The van der Waals surface area contributed by atoms with Crippen LogP contribution in [0.4, 0.5) is 5.69 Å². The lowest BCUT2D eigenvalue weighted by Gasteiger charge is -2.26. The number of nitrogens with one attached hydrogen (secondary N) is 1. The van der Waals surface area contributed by atoms with Crippen LogP contribution in [0.5, 0.6) is 0 Å². The van der Waals surface area contributed by atoms with E-state index in [0.29, 0.717) is 13.1 Å². The molecule has 4 nitrogen and oxygen atoms in total. The fraction of sp³-hybridized carbons (Fsp3) is 0.500. The largest absolute Gasteiger partial charge is 0.316 e. The van der Waals surface area contributed by atoms with Crippen molar-refractivity contribution in [3.63, 3.8) is 0 Å². The predicted molar refractivity (Wildman–Crippen MR) is 69.8 cm³/mol. The number of anilines is 1. The normalized spacial score (nSPS) is 20.6. The molecular weight excluding hydrogens is 236 g/mol. The number of hydrogen-bond donors (Lipinski definition) is 1. The smallest absolute Gasteiger partial charge is 0.236 e. The molecule has 0 spiro atoms. The van der Waals surface area contributed by atoms with Crippen molar-refractivity contribution in [3.8, 4) is 0 Å². The van der Waals surface area contributed by atoms with Gasteiger partial charge in [0.25, 0.3) is 0 Å². The van der Waals surface area contributed by atoms with Crippen LogP contribution >= 0.6 is 0 Å². The molecule has 1 aliphatic heterocycles. The third-order valence-corrected chi connectivity index (χ3v) is 4.69. The van der Waals surface area contributed by atoms with Gasteiger partial charge < -0.3 is 5.32 Å². The second kappa shape index (κ2) is 5.06. The Bertz CT molecular complexity index is 468. The topological polar surface area (TPSA) is 49.4 Å². The maximum Gasteiger partial charge on any atom is 0.236 e. The summed E-state index contributed by atoms with van der Waals surface area (Å²) >= 11 is 0. The van der Waals surface area contributed by atoms with Crippen molar-refractivity contribution in [3.05, 3.63) is 29.8 Å². The van der Waals surface area contributed by atoms with E-state index < -0.39 is 10.0 Å². The van der Waals surface area contributed by atoms with Gasteiger partial charge in [-0.3, -0.25) is 4.31 Å². The summed E-state index contributed by atoms with van der Waals surface area (Å²) in [5.41, 5.74) is 1.91. The summed E-state index contributed by atoms with van der Waals surface area (Å²) in [6.07, 6.45) is 0.840. The maximum absolute atomic E-state index is 12.1. The summed E-state index contributed by atoms with van der Waals surface area (Å²) in [5.74, 6) is 0.168. The van der Waals surface area contributed by atoms with Gasteiger partial charge in [-0.1, -0.05) is 17.7 Å². The Kier molecular flexibility index (Phi) is 3.69. The van der Waals surface area contributed by atoms with E-state index in [0.717, 1.165) is 24.2 Å². The Hall–Kier alpha value is -1.07. The van der Waals surface area contributed by atoms with E-state index in [-0.39, 0.29) is 5.75 Å². The SMILES string of the molecule is Cc1ccc(N2CCCNCCS2(=O)=O)cc1. The number of benzene rings is 1. The minimum Gasteiger partial charge on any atom is -0.316 e. The average Bonchev–Trinajstić information content (AvgIpc) is 2.27. The van der Waals surface area contributed by atoms with Crippen molar-refractivity contribution in [2.45, 2.75) is 13.3 Å². The van der Waals surface area contributed by atoms with E-state index >= 15 is 0 Å². The van der Waals surface area contributed by atoms with Gasteiger partial charge >= 0.3 is 0 Å². The molecule has 5 heteroatoms. The lowest BCUT2D eigenvalue weighted by molar-refractivity contribution is 0.572. The Balaban J connectivity index is 2.29. The zero-order valence-electron chi connectivity index (χ0n) is 10.0. The lowest BCUT2D eigenvalue weighted by atomic mass is 10.2. The second-order valence-electron chi connectivity index (χ2n) is 4.33. The molecule has 0 aromatic heterocycles. The van der Waals surface area contributed by atoms with Crippen LogP contribution in [-0.4, -0.2) is 33.8 Å². The first-order valence-electron chi connectivity index (χ1n) is 5.87. The zero-order valence-corrected chi connectivity index (χ0v) is 10.8. The van der Waals surface area contributed by atoms with Gasteiger partial charge in [-0.25, -0.2) is 8.42 Å². The zero-order chi connectivity index (χ0) is 12.3. The third kappa shape index (κ3) is 2.98. The van der Waals surface area contributed by atoms with E-state index in [9.17, 15) is 8.42 Å². The standard InChI is InChI=1S/C12H18N2O2S/c1-11-3-5-12(6-4-11)14-9-2-7-13-8-10-17(14,15)16/h3-6,13H,2,7-10H2,1H3. The van der Waals surface area contributed by atoms with Crippen LogP contribution in [0.1, 0.15) is 12.0 Å². The molecule has 0 bridgehead atoms. The minimum absolute atomic E-state index is 0.168. The maximum atomic E-state index is 12.1. The number of hydrogen-bond acceptors (Lipinski definition) is 3. The van der Waals surface area contributed by atoms with Crippen molar-refractivity contribution in [1.82, 2.24) is 5.32 Å². The number of sulfonamides is 1. The van der Waals surface area contributed by atoms with Crippen molar-refractivity contribution >= 4 is 15.7 Å². The van der Waals surface area contributed by atoms with E-state index in [4.69, 9.17) is 0 Å². The van der Waals surface area contributed by atoms with Crippen molar-refractivity contribution < 1.29 is 8.42 Å². The number of rotatable bonds is 1. The summed E-state index contributed by atoms with van der Waals surface area (Å²) in [7, 11) is -3.18. The fourth-order valence-electron chi connectivity index (χ4n) is 1.92. The molecule has 17 heavy (non-hydrogen) atoms. The molecule has 0 unspecified atom stereocenters. The summed E-state index contributed by atoms with van der Waals surface area (Å²) in [4.78, 5) is 0. The predicted octanol–water partition coefficient (Wildman–Crippen LogP) is 1.12. The van der Waals surface area contributed by atoms with Crippen LogP contribution in [0.3, 0.4) is 0 Å². The molecule has 0 amide bonds. The summed E-state index contributed by atoms with van der Waals surface area (Å²) in [6, 6.07) is 7.65. The molecular formula is C12H18N2O2S. The van der Waals surface area contributed by atoms with Gasteiger partial charge in [0, 0.05) is 13.1 Å². The second-order valence-corrected chi connectivity index (χ2v) is 6.34. The average molecular weight is 254 g/mol. The molecule has 0 radical (unpaired) electrons. The van der Waals surface area contributed by atoms with Gasteiger partial charge in [0.05, 0.1) is 11.4 Å². The van der Waals surface area contributed by atoms with Gasteiger partial charge in [-0.2, -0.15) is 0 Å². The van der Waals surface area contributed by atoms with Crippen LogP contribution in [0.2, 0.25) is 0 Å². The molecule has 1 fully saturated rings. The summed E-state index contributed by atoms with van der Waals surface area (Å²) in [6.45, 7) is 3.95. The van der Waals surface area contributed by atoms with Crippen molar-refractivity contribution in [2.75, 3.05) is 29.7 Å². The van der Waals surface area contributed by atoms with Gasteiger partial charge in [-0.05, 0) is 32.0 Å². The van der Waals surface area contributed by atoms with E-state index in [2.05, 4.69) is 5.32 Å². The third-order valence-electron chi connectivity index (χ3n) is 2.91. The Labute approximate surface area is 103 Å². The fourth-order valence-corrected chi connectivity index (χ4v) is 3.40. The molecule has 0 saturated carbocycles. The molecule has 1 saturated heterocycles. The molecule has 1 N–H and O–H groups in total. The Morgan fingerprint density at radius 2 is 1.88 bits per heavy atom. The van der Waals surface area contributed by atoms with Crippen LogP contribution in [0.15, 0.2) is 24.3 Å². The highest BCUT2D eigenvalue weighted by atomic mass is 32.2. The van der Waals surface area contributed by atoms with Gasteiger partial charge in [0.2, 0.25) is 10.0 Å². The number of nitrogens with zero attached hydrogens (tertiary/aromatic N) is 1. The van der Waals surface area contributed by atoms with Crippen LogP contribution in [-0.2, 0) is 10.0 Å². The molecule has 1 aliphatic rings. The van der Waals surface area contributed by atoms with Gasteiger partial charge in [-0.15, -0.1) is 0 Å². The van der Waals surface area contributed by atoms with Crippen LogP contribution < -0.4 is 9.62 Å². The van der Waals surface area contributed by atoms with E-state index in [1.807, 2.05) is 31.2 Å². The lowest BCUT2D eigenvalue weighted by Crippen LogP contribution is -2.41. The summed E-state index contributed by atoms with van der Waals surface area (Å²) in [5, 5.41) is 3.12. The molecule has 1 heterocycles. The van der Waals surface area contributed by atoms with E-state index in [1.165, 1.54) is 4.31 Å². The first kappa shape index (κ1) is 12.4. The van der Waals surface area contributed by atoms with Crippen molar-refractivity contribution in [1.29, 1.82) is 0 Å². The first-order valence-corrected chi connectivity index (χ1v) is 7.48. The highest BCUT2D eigenvalue weighted by Gasteiger charge is 2.23. The molecule has 94 valence electrons. The van der Waals surface area contributed by atoms with Crippen molar-refractivity contribution in [2.24, 2.45) is 0 Å². The Morgan fingerprint density at radius 3 is 2.59 bits per heavy atom.